The molecule has 1 aliphatic heterocycles. The van der Waals surface area contributed by atoms with Crippen molar-refractivity contribution in [2.45, 2.75) is 64.1 Å². The molecule has 2 heterocycles. The molecule has 3 amide bonds. The lowest BCUT2D eigenvalue weighted by atomic mass is 9.57. The number of benzene rings is 1. The van der Waals surface area contributed by atoms with Crippen LogP contribution in [0.5, 0.6) is 0 Å². The first-order valence-electron chi connectivity index (χ1n) is 15.2. The van der Waals surface area contributed by atoms with Gasteiger partial charge in [0.05, 0.1) is 11.2 Å². The number of urea groups is 1. The van der Waals surface area contributed by atoms with Crippen LogP contribution in [0.3, 0.4) is 0 Å². The van der Waals surface area contributed by atoms with E-state index in [9.17, 15) is 14.4 Å². The molecule has 3 saturated carbocycles. The van der Waals surface area contributed by atoms with Crippen molar-refractivity contribution in [2.75, 3.05) is 45.1 Å². The van der Waals surface area contributed by atoms with Gasteiger partial charge in [-0.2, -0.15) is 4.98 Å². The molecule has 1 aromatic carbocycles. The maximum absolute atomic E-state index is 12.8. The number of aromatic nitrogens is 2. The number of nitrogens with zero attached hydrogens (tertiary/aromatic N) is 5. The van der Waals surface area contributed by atoms with E-state index < -0.39 is 11.2 Å². The van der Waals surface area contributed by atoms with E-state index in [1.54, 1.807) is 35.9 Å². The predicted molar refractivity (Wildman–Crippen MR) is 163 cm³/mol. The molecule has 4 fully saturated rings. The van der Waals surface area contributed by atoms with Gasteiger partial charge >= 0.3 is 11.7 Å². The van der Waals surface area contributed by atoms with Crippen LogP contribution in [0.1, 0.15) is 45.6 Å². The molecule has 1 saturated heterocycles. The molecule has 0 spiro atoms. The van der Waals surface area contributed by atoms with Crippen molar-refractivity contribution in [3.05, 3.63) is 52.6 Å². The lowest BCUT2D eigenvalue weighted by Gasteiger charge is -2.54. The highest BCUT2D eigenvalue weighted by Gasteiger charge is 2.47. The van der Waals surface area contributed by atoms with Crippen LogP contribution in [0.4, 0.5) is 10.6 Å². The van der Waals surface area contributed by atoms with Gasteiger partial charge in [0.1, 0.15) is 5.82 Å². The Hall–Kier alpha value is -3.28. The van der Waals surface area contributed by atoms with E-state index in [1.165, 1.54) is 29.4 Å². The Labute approximate surface area is 248 Å². The Bertz CT molecular complexity index is 1320. The summed E-state index contributed by atoms with van der Waals surface area (Å²) in [7, 11) is 2.25. The quantitative estimate of drug-likeness (QED) is 0.434. The molecule has 2 unspecified atom stereocenters. The predicted octanol–water partition coefficient (Wildman–Crippen LogP) is 1.88. The summed E-state index contributed by atoms with van der Waals surface area (Å²) in [5.41, 5.74) is 12.5. The summed E-state index contributed by atoms with van der Waals surface area (Å²) in [4.78, 5) is 47.9. The number of nitrogens with one attached hydrogen (secondary N) is 1. The zero-order valence-corrected chi connectivity index (χ0v) is 25.3. The van der Waals surface area contributed by atoms with Gasteiger partial charge in [0.15, 0.2) is 0 Å². The molecule has 6 rings (SSSR count). The molecule has 4 aliphatic rings. The molecule has 3 aliphatic carbocycles. The van der Waals surface area contributed by atoms with Gasteiger partial charge < -0.3 is 26.2 Å². The number of piperazine rings is 1. The van der Waals surface area contributed by atoms with E-state index in [2.05, 4.69) is 41.3 Å². The molecule has 5 N–H and O–H groups in total. The summed E-state index contributed by atoms with van der Waals surface area (Å²) in [6.07, 6.45) is 6.43. The smallest absolute Gasteiger partial charge is 0.338 e. The van der Waals surface area contributed by atoms with Gasteiger partial charge in [-0.25, -0.2) is 9.59 Å². The maximum Gasteiger partial charge on any atom is 0.354 e. The second kappa shape index (κ2) is 12.1. The summed E-state index contributed by atoms with van der Waals surface area (Å²) in [6.45, 7) is 8.00. The minimum atomic E-state index is -0.947. The first kappa shape index (κ1) is 30.2. The molecule has 11 heteroatoms. The Balaban J connectivity index is 1.14. The fourth-order valence-corrected chi connectivity index (χ4v) is 6.87. The van der Waals surface area contributed by atoms with Crippen molar-refractivity contribution in [1.29, 1.82) is 0 Å². The molecule has 2 bridgehead atoms. The number of likely N-dealkylation sites (N-methyl/N-ethyl adjacent to an activating group) is 1. The lowest BCUT2D eigenvalue weighted by Crippen LogP contribution is -2.58. The highest BCUT2D eigenvalue weighted by atomic mass is 16.2. The molecule has 1 aromatic heterocycles. The molecular formula is C31H46N8O3. The van der Waals surface area contributed by atoms with E-state index in [0.717, 1.165) is 30.5 Å². The topological polar surface area (TPSA) is 143 Å². The van der Waals surface area contributed by atoms with Gasteiger partial charge in [0, 0.05) is 44.5 Å². The number of carbonyl (C=O) groups excluding carboxylic acids is 2. The number of hydrogen-bond acceptors (Lipinski definition) is 7. The summed E-state index contributed by atoms with van der Waals surface area (Å²) >= 11 is 0. The number of anilines is 1. The second-order valence-corrected chi connectivity index (χ2v) is 13.1. The first-order chi connectivity index (χ1) is 19.9. The maximum atomic E-state index is 12.8. The van der Waals surface area contributed by atoms with E-state index in [-0.39, 0.29) is 17.8 Å². The summed E-state index contributed by atoms with van der Waals surface area (Å²) in [5, 5.41) is 2.71. The van der Waals surface area contributed by atoms with Crippen LogP contribution < -0.4 is 22.5 Å². The molecule has 3 atom stereocenters. The fourth-order valence-electron chi connectivity index (χ4n) is 6.87. The van der Waals surface area contributed by atoms with Gasteiger partial charge in [-0.3, -0.25) is 14.7 Å². The molecule has 0 radical (unpaired) electrons. The van der Waals surface area contributed by atoms with Crippen LogP contribution in [0.15, 0.2) is 41.3 Å². The monoisotopic (exact) mass is 578 g/mol. The summed E-state index contributed by atoms with van der Waals surface area (Å²) in [5.74, 6) is 2.37. The molecular weight excluding hydrogens is 532 g/mol. The Morgan fingerprint density at radius 3 is 2.29 bits per heavy atom. The van der Waals surface area contributed by atoms with Crippen LogP contribution in [-0.4, -0.2) is 93.6 Å². The zero-order valence-electron chi connectivity index (χ0n) is 25.3. The van der Waals surface area contributed by atoms with Crippen LogP contribution in [0.2, 0.25) is 0 Å². The standard InChI is InChI=1S/C31H46N8O3/c1-20(36(4)26-18-24(19-32)22-16-23(26)17-22)15-21-5-7-25(8-6-21)39-10-9-27(35-30(39)42)34-29(41)38-13-11-37(12-14-38)28(40)31(2,3)33/h5-10,20,22-24,26H,11-19,32-33H2,1-4H3,(H,34,35,41,42)/t20?,22?,23?,24-,26?/m1/s1. The largest absolute Gasteiger partial charge is 0.354 e. The second-order valence-electron chi connectivity index (χ2n) is 13.1. The molecule has 228 valence electrons. The fraction of sp³-hybridized carbons (Fsp3) is 0.613. The highest BCUT2D eigenvalue weighted by molar-refractivity contribution is 5.89. The van der Waals surface area contributed by atoms with Crippen molar-refractivity contribution < 1.29 is 9.59 Å². The molecule has 11 nitrogen and oxygen atoms in total. The van der Waals surface area contributed by atoms with Gasteiger partial charge in [0.2, 0.25) is 5.91 Å². The normalized spacial score (nSPS) is 24.7. The number of nitrogens with two attached hydrogens (primary N) is 2. The van der Waals surface area contributed by atoms with Crippen molar-refractivity contribution in [2.24, 2.45) is 29.2 Å². The van der Waals surface area contributed by atoms with E-state index in [0.29, 0.717) is 44.2 Å². The van der Waals surface area contributed by atoms with Gasteiger partial charge in [-0.1, -0.05) is 12.1 Å². The first-order valence-corrected chi connectivity index (χ1v) is 15.2. The Morgan fingerprint density at radius 2 is 1.69 bits per heavy atom. The third kappa shape index (κ3) is 6.38. The van der Waals surface area contributed by atoms with E-state index in [4.69, 9.17) is 11.5 Å². The SMILES string of the molecule is CC(Cc1ccc(-n2ccc(NC(=O)N3CCN(C(=O)C(C)(C)N)CC3)nc2=O)cc1)N(C)C1C[C@H](CN)C2CC1C2. The van der Waals surface area contributed by atoms with Crippen LogP contribution >= 0.6 is 0 Å². The van der Waals surface area contributed by atoms with Crippen LogP contribution in [0, 0.1) is 17.8 Å². The van der Waals surface area contributed by atoms with Gasteiger partial charge in [0.25, 0.3) is 0 Å². The van der Waals surface area contributed by atoms with Crippen molar-refractivity contribution in [3.63, 3.8) is 0 Å². The molecule has 2 aromatic rings. The van der Waals surface area contributed by atoms with Crippen molar-refractivity contribution in [1.82, 2.24) is 24.3 Å². The number of fused-ring (bicyclic) bond motifs is 2. The van der Waals surface area contributed by atoms with Gasteiger partial charge in [-0.05, 0) is 102 Å². The average molecular weight is 579 g/mol. The van der Waals surface area contributed by atoms with Crippen LogP contribution in [-0.2, 0) is 11.2 Å². The summed E-state index contributed by atoms with van der Waals surface area (Å²) in [6, 6.07) is 10.3. The van der Waals surface area contributed by atoms with Crippen molar-refractivity contribution in [3.8, 4) is 5.69 Å². The minimum Gasteiger partial charge on any atom is -0.338 e. The Morgan fingerprint density at radius 1 is 1.05 bits per heavy atom. The number of amides is 3. The number of rotatable bonds is 8. The van der Waals surface area contributed by atoms with Crippen LogP contribution in [0.25, 0.3) is 5.69 Å². The molecule has 42 heavy (non-hydrogen) atoms. The van der Waals surface area contributed by atoms with Gasteiger partial charge in [-0.15, -0.1) is 0 Å². The number of hydrogen-bond donors (Lipinski definition) is 3. The minimum absolute atomic E-state index is 0.139. The van der Waals surface area contributed by atoms with E-state index >= 15 is 0 Å². The lowest BCUT2D eigenvalue weighted by molar-refractivity contribution is -0.137. The average Bonchev–Trinajstić information content (AvgIpc) is 2.95. The third-order valence-electron chi connectivity index (χ3n) is 9.68. The Kier molecular flexibility index (Phi) is 8.73. The summed E-state index contributed by atoms with van der Waals surface area (Å²) < 4.78 is 1.47. The van der Waals surface area contributed by atoms with E-state index in [1.807, 2.05) is 12.1 Å². The number of carbonyl (C=O) groups is 2. The van der Waals surface area contributed by atoms with Crippen molar-refractivity contribution >= 4 is 17.8 Å². The third-order valence-corrected chi connectivity index (χ3v) is 9.68. The highest BCUT2D eigenvalue weighted by Crippen LogP contribution is 2.50. The zero-order chi connectivity index (χ0) is 30.2.